The number of thiophene rings is 1. The van der Waals surface area contributed by atoms with Crippen LogP contribution in [-0.4, -0.2) is 86.9 Å². The molecule has 6 rings (SSSR count). The molecule has 2 aromatic heterocycles. The van der Waals surface area contributed by atoms with E-state index in [-0.39, 0.29) is 17.6 Å². The predicted molar refractivity (Wildman–Crippen MR) is 132 cm³/mol. The van der Waals surface area contributed by atoms with E-state index in [4.69, 9.17) is 4.99 Å². The van der Waals surface area contributed by atoms with Gasteiger partial charge < -0.3 is 15.1 Å². The topological polar surface area (TPSA) is 77.0 Å². The van der Waals surface area contributed by atoms with Crippen molar-refractivity contribution in [3.05, 3.63) is 28.4 Å². The van der Waals surface area contributed by atoms with E-state index >= 15 is 0 Å². The van der Waals surface area contributed by atoms with Gasteiger partial charge in [0.25, 0.3) is 0 Å². The third kappa shape index (κ3) is 3.19. The summed E-state index contributed by atoms with van der Waals surface area (Å²) in [5.74, 6) is 1.63. The van der Waals surface area contributed by atoms with Crippen molar-refractivity contribution in [3.63, 3.8) is 0 Å². The number of fused-ring (bicyclic) bond motifs is 2. The summed E-state index contributed by atoms with van der Waals surface area (Å²) in [6.07, 6.45) is 4.05. The molecule has 0 aliphatic carbocycles. The average Bonchev–Trinajstić information content (AvgIpc) is 3.54. The number of carbonyl (C=O) groups is 1. The van der Waals surface area contributed by atoms with E-state index in [1.807, 2.05) is 0 Å². The molecule has 0 radical (unpaired) electrons. The monoisotopic (exact) mass is 465 g/mol. The van der Waals surface area contributed by atoms with Gasteiger partial charge in [-0.3, -0.25) is 9.89 Å². The second-order valence-electron chi connectivity index (χ2n) is 10.3. The van der Waals surface area contributed by atoms with Crippen molar-refractivity contribution in [1.82, 2.24) is 24.7 Å². The number of aliphatic imine (C=N–C) groups is 1. The van der Waals surface area contributed by atoms with E-state index in [0.29, 0.717) is 19.1 Å². The molecule has 8 nitrogen and oxygen atoms in total. The van der Waals surface area contributed by atoms with Gasteiger partial charge >= 0.3 is 6.03 Å². The summed E-state index contributed by atoms with van der Waals surface area (Å²) in [6, 6.07) is 0.913. The summed E-state index contributed by atoms with van der Waals surface area (Å²) in [4.78, 5) is 34.3. The number of hydrogen-bond donors (Lipinski definition) is 1. The lowest BCUT2D eigenvalue weighted by molar-refractivity contribution is 0.0549. The number of amides is 2. The number of rotatable bonds is 1. The highest BCUT2D eigenvalue weighted by atomic mass is 32.1. The molecule has 2 saturated heterocycles. The van der Waals surface area contributed by atoms with E-state index in [0.717, 1.165) is 46.1 Å². The molecule has 9 heteroatoms. The van der Waals surface area contributed by atoms with E-state index in [1.54, 1.807) is 17.7 Å². The highest BCUT2D eigenvalue weighted by Gasteiger charge is 2.48. The summed E-state index contributed by atoms with van der Waals surface area (Å²) >= 11 is 1.65. The van der Waals surface area contributed by atoms with Crippen LogP contribution in [0.1, 0.15) is 39.2 Å². The Morgan fingerprint density at radius 1 is 1.27 bits per heavy atom. The lowest BCUT2D eigenvalue weighted by Gasteiger charge is -2.46. The lowest BCUT2D eigenvalue weighted by Crippen LogP contribution is -2.61. The van der Waals surface area contributed by atoms with Crippen molar-refractivity contribution in [2.24, 2.45) is 4.99 Å². The van der Waals surface area contributed by atoms with E-state index in [1.165, 1.54) is 25.0 Å². The number of nitrogens with one attached hydrogen (secondary N) is 1. The first-order valence-electron chi connectivity index (χ1n) is 11.9. The van der Waals surface area contributed by atoms with Crippen LogP contribution in [0.4, 0.5) is 10.6 Å². The minimum atomic E-state index is -0.355. The second kappa shape index (κ2) is 7.50. The molecule has 4 aliphatic rings. The fourth-order valence-corrected chi connectivity index (χ4v) is 6.89. The molecule has 0 saturated carbocycles. The number of piperazine rings is 1. The SMILES string of the molecule is Cc1csc2c(NC3=NCC4=C3CN(C(=O)N3C[C@@H]5CCCN5C[C@@H]3C)C4(C)C)ncnc12. The molecular weight excluding hydrogens is 434 g/mol. The van der Waals surface area contributed by atoms with E-state index in [2.05, 4.69) is 63.1 Å². The van der Waals surface area contributed by atoms with Gasteiger partial charge in [0.05, 0.1) is 28.8 Å². The van der Waals surface area contributed by atoms with E-state index in [9.17, 15) is 4.79 Å². The number of carbonyl (C=O) groups excluding carboxylic acids is 1. The maximum absolute atomic E-state index is 13.8. The third-order valence-electron chi connectivity index (χ3n) is 7.96. The van der Waals surface area contributed by atoms with Gasteiger partial charge in [-0.05, 0) is 63.6 Å². The molecule has 174 valence electrons. The normalized spacial score (nSPS) is 26.7. The summed E-state index contributed by atoms with van der Waals surface area (Å²) in [6.45, 7) is 12.8. The Morgan fingerprint density at radius 2 is 2.12 bits per heavy atom. The summed E-state index contributed by atoms with van der Waals surface area (Å²) in [5.41, 5.74) is 4.16. The molecule has 0 aromatic carbocycles. The standard InChI is InChI=1S/C24H31N7OS/c1-14-12-33-20-19(14)26-13-27-22(20)28-21-17-11-31(24(3,4)18(17)8-25-21)23(32)30-10-16-6-5-7-29(16)9-15(30)2/h12-13,15-16H,5-11H2,1-4H3,(H,25,26,27,28)/t15-,16-/m0/s1. The second-order valence-corrected chi connectivity index (χ2v) is 11.2. The van der Waals surface area contributed by atoms with E-state index < -0.39 is 0 Å². The Bertz CT molecular complexity index is 1200. The molecule has 2 aromatic rings. The number of amidine groups is 1. The van der Waals surface area contributed by atoms with Crippen molar-refractivity contribution in [3.8, 4) is 0 Å². The number of aryl methyl sites for hydroxylation is 1. The Hall–Kier alpha value is -2.52. The van der Waals surface area contributed by atoms with Gasteiger partial charge in [-0.15, -0.1) is 11.3 Å². The minimum Gasteiger partial charge on any atom is -0.324 e. The zero-order valence-electron chi connectivity index (χ0n) is 19.8. The van der Waals surface area contributed by atoms with Crippen LogP contribution < -0.4 is 5.32 Å². The van der Waals surface area contributed by atoms with Crippen LogP contribution in [0.2, 0.25) is 0 Å². The maximum atomic E-state index is 13.8. The quantitative estimate of drug-likeness (QED) is 0.698. The van der Waals surface area contributed by atoms with Gasteiger partial charge in [0.2, 0.25) is 0 Å². The molecule has 4 aliphatic heterocycles. The van der Waals surface area contributed by atoms with Crippen LogP contribution in [0.15, 0.2) is 27.8 Å². The Labute approximate surface area is 198 Å². The molecule has 0 unspecified atom stereocenters. The van der Waals surface area contributed by atoms with Crippen molar-refractivity contribution in [2.75, 3.05) is 38.0 Å². The molecule has 6 heterocycles. The number of anilines is 1. The number of hydrogen-bond acceptors (Lipinski definition) is 7. The Kier molecular flexibility index (Phi) is 4.78. The minimum absolute atomic E-state index is 0.158. The fourth-order valence-electron chi connectivity index (χ4n) is 5.94. The van der Waals surface area contributed by atoms with Crippen LogP contribution in [0.25, 0.3) is 10.2 Å². The zero-order valence-corrected chi connectivity index (χ0v) is 20.6. The first-order valence-corrected chi connectivity index (χ1v) is 12.8. The van der Waals surface area contributed by atoms with Crippen LogP contribution in [0.3, 0.4) is 0 Å². The number of aromatic nitrogens is 2. The molecule has 2 amide bonds. The lowest BCUT2D eigenvalue weighted by atomic mass is 9.94. The van der Waals surface area contributed by atoms with Crippen LogP contribution in [-0.2, 0) is 0 Å². The Balaban J connectivity index is 1.24. The number of urea groups is 1. The molecular formula is C24H31N7OS. The van der Waals surface area contributed by atoms with Crippen LogP contribution in [0, 0.1) is 6.92 Å². The van der Waals surface area contributed by atoms with Crippen molar-refractivity contribution in [2.45, 2.75) is 58.2 Å². The summed E-state index contributed by atoms with van der Waals surface area (Å²) < 4.78 is 1.04. The largest absolute Gasteiger partial charge is 0.324 e. The van der Waals surface area contributed by atoms with Crippen molar-refractivity contribution in [1.29, 1.82) is 0 Å². The fraction of sp³-hybridized carbons (Fsp3) is 0.583. The summed E-state index contributed by atoms with van der Waals surface area (Å²) in [5, 5.41) is 5.58. The van der Waals surface area contributed by atoms with Crippen molar-refractivity contribution < 1.29 is 4.79 Å². The highest BCUT2D eigenvalue weighted by Crippen LogP contribution is 2.40. The summed E-state index contributed by atoms with van der Waals surface area (Å²) in [7, 11) is 0. The Morgan fingerprint density at radius 3 is 2.97 bits per heavy atom. The van der Waals surface area contributed by atoms with Gasteiger partial charge in [-0.1, -0.05) is 0 Å². The molecule has 0 bridgehead atoms. The average molecular weight is 466 g/mol. The number of nitrogens with zero attached hydrogens (tertiary/aromatic N) is 6. The maximum Gasteiger partial charge on any atom is 0.321 e. The first-order chi connectivity index (χ1) is 15.8. The van der Waals surface area contributed by atoms with Crippen molar-refractivity contribution >= 4 is 39.2 Å². The van der Waals surface area contributed by atoms with Gasteiger partial charge in [0, 0.05) is 30.7 Å². The highest BCUT2D eigenvalue weighted by molar-refractivity contribution is 7.18. The van der Waals surface area contributed by atoms with Gasteiger partial charge in [-0.2, -0.15) is 0 Å². The van der Waals surface area contributed by atoms with Gasteiger partial charge in [-0.25, -0.2) is 14.8 Å². The molecule has 2 atom stereocenters. The molecule has 1 N–H and O–H groups in total. The predicted octanol–water partition coefficient (Wildman–Crippen LogP) is 3.50. The van der Waals surface area contributed by atoms with Gasteiger partial charge in [0.15, 0.2) is 5.82 Å². The van der Waals surface area contributed by atoms with Crippen LogP contribution >= 0.6 is 11.3 Å². The first kappa shape index (κ1) is 21.0. The van der Waals surface area contributed by atoms with Crippen LogP contribution in [0.5, 0.6) is 0 Å². The third-order valence-corrected chi connectivity index (χ3v) is 9.05. The molecule has 33 heavy (non-hydrogen) atoms. The zero-order chi connectivity index (χ0) is 22.9. The van der Waals surface area contributed by atoms with Gasteiger partial charge in [0.1, 0.15) is 12.2 Å². The smallest absolute Gasteiger partial charge is 0.321 e. The molecule has 2 fully saturated rings. The molecule has 0 spiro atoms.